The van der Waals surface area contributed by atoms with Crippen LogP contribution in [-0.2, 0) is 9.84 Å². The Hall–Kier alpha value is 0.530. The molecule has 0 aliphatic carbocycles. The summed E-state index contributed by atoms with van der Waals surface area (Å²) < 4.78 is 23.0. The van der Waals surface area contributed by atoms with Crippen LogP contribution in [0.5, 0.6) is 0 Å². The van der Waals surface area contributed by atoms with Gasteiger partial charge >= 0.3 is 0 Å². The van der Waals surface area contributed by atoms with Crippen molar-refractivity contribution in [3.05, 3.63) is 0 Å². The maximum absolute atomic E-state index is 11.5. The van der Waals surface area contributed by atoms with Gasteiger partial charge in [-0.2, -0.15) is 0 Å². The molecule has 0 saturated carbocycles. The molecule has 0 aromatic heterocycles. The molecule has 2 nitrogen and oxygen atoms in total. The van der Waals surface area contributed by atoms with Crippen LogP contribution in [0.1, 0.15) is 27.2 Å². The van der Waals surface area contributed by atoms with Crippen LogP contribution in [0.3, 0.4) is 0 Å². The summed E-state index contributed by atoms with van der Waals surface area (Å²) in [4.78, 5) is 0. The highest BCUT2D eigenvalue weighted by Crippen LogP contribution is 2.26. The monoisotopic (exact) mass is 260 g/mol. The number of alkyl halides is 2. The molecule has 0 aliphatic heterocycles. The molecule has 0 atom stereocenters. The van der Waals surface area contributed by atoms with E-state index in [4.69, 9.17) is 23.2 Å². The van der Waals surface area contributed by atoms with Gasteiger partial charge in [-0.25, -0.2) is 8.42 Å². The molecule has 0 bridgehead atoms. The van der Waals surface area contributed by atoms with Crippen LogP contribution in [0.15, 0.2) is 0 Å². The van der Waals surface area contributed by atoms with Gasteiger partial charge < -0.3 is 0 Å². The Morgan fingerprint density at radius 3 is 1.93 bits per heavy atom. The van der Waals surface area contributed by atoms with E-state index in [-0.39, 0.29) is 16.4 Å². The molecule has 0 aromatic rings. The molecule has 0 aromatic carbocycles. The largest absolute Gasteiger partial charge is 0.229 e. The molecule has 0 radical (unpaired) electrons. The van der Waals surface area contributed by atoms with Crippen LogP contribution >= 0.6 is 23.2 Å². The minimum absolute atomic E-state index is 0.167. The van der Waals surface area contributed by atoms with E-state index in [0.717, 1.165) is 0 Å². The fourth-order valence-corrected chi connectivity index (χ4v) is 2.60. The summed E-state index contributed by atoms with van der Waals surface area (Å²) in [5.41, 5.74) is -0.273. The number of hydrogen-bond acceptors (Lipinski definition) is 2. The molecular formula is C9H18Cl2O2S. The number of halogens is 2. The van der Waals surface area contributed by atoms with Crippen molar-refractivity contribution < 1.29 is 8.42 Å². The molecule has 0 N–H and O–H groups in total. The lowest BCUT2D eigenvalue weighted by Gasteiger charge is -2.24. The molecule has 0 unspecified atom stereocenters. The molecule has 0 rings (SSSR count). The zero-order valence-corrected chi connectivity index (χ0v) is 11.2. The van der Waals surface area contributed by atoms with Crippen LogP contribution in [0, 0.1) is 5.41 Å². The van der Waals surface area contributed by atoms with E-state index in [9.17, 15) is 8.42 Å². The van der Waals surface area contributed by atoms with Crippen molar-refractivity contribution in [1.29, 1.82) is 0 Å². The Balaban J connectivity index is 4.31. The van der Waals surface area contributed by atoms with E-state index in [2.05, 4.69) is 0 Å². The smallest absolute Gasteiger partial charge is 0.152 e. The summed E-state index contributed by atoms with van der Waals surface area (Å²) in [6.45, 7) is 5.28. The van der Waals surface area contributed by atoms with Gasteiger partial charge in [-0.05, 0) is 25.7 Å². The quantitative estimate of drug-likeness (QED) is 0.689. The lowest BCUT2D eigenvalue weighted by Crippen LogP contribution is -2.27. The van der Waals surface area contributed by atoms with Gasteiger partial charge in [0.2, 0.25) is 0 Å². The summed E-state index contributed by atoms with van der Waals surface area (Å²) in [6, 6.07) is 0. The van der Waals surface area contributed by atoms with Gasteiger partial charge in [0, 0.05) is 11.8 Å². The summed E-state index contributed by atoms with van der Waals surface area (Å²) in [6.07, 6.45) is 0.528. The van der Waals surface area contributed by atoms with Crippen molar-refractivity contribution in [2.24, 2.45) is 5.41 Å². The lowest BCUT2D eigenvalue weighted by atomic mass is 9.93. The topological polar surface area (TPSA) is 34.1 Å². The Kier molecular flexibility index (Phi) is 5.78. The maximum atomic E-state index is 11.5. The molecule has 14 heavy (non-hydrogen) atoms. The first kappa shape index (κ1) is 14.5. The van der Waals surface area contributed by atoms with Crippen molar-refractivity contribution in [1.82, 2.24) is 0 Å². The summed E-state index contributed by atoms with van der Waals surface area (Å²) in [5, 5.41) is -0.322. The minimum Gasteiger partial charge on any atom is -0.229 e. The molecule has 0 fully saturated rings. The molecule has 5 heteroatoms. The van der Waals surface area contributed by atoms with E-state index in [1.807, 2.05) is 6.92 Å². The van der Waals surface area contributed by atoms with Gasteiger partial charge in [-0.3, -0.25) is 0 Å². The van der Waals surface area contributed by atoms with Gasteiger partial charge in [0.1, 0.15) is 0 Å². The molecule has 0 saturated heterocycles. The van der Waals surface area contributed by atoms with Gasteiger partial charge in [0.05, 0.1) is 11.0 Å². The summed E-state index contributed by atoms with van der Waals surface area (Å²) in [7, 11) is -2.97. The second-order valence-corrected chi connectivity index (χ2v) is 7.45. The highest BCUT2D eigenvalue weighted by Gasteiger charge is 2.26. The molecule has 86 valence electrons. The Bertz CT molecular complexity index is 256. The predicted octanol–water partition coefficient (Wildman–Crippen LogP) is 2.68. The standard InChI is InChI=1S/C9H18Cl2O2S/c1-8(2)14(12,13)5-4-9(3,6-10)7-11/h8H,4-7H2,1-3H3. The minimum atomic E-state index is -2.97. The zero-order valence-electron chi connectivity index (χ0n) is 8.89. The molecule has 0 aliphatic rings. The highest BCUT2D eigenvalue weighted by atomic mass is 35.5. The number of rotatable bonds is 6. The van der Waals surface area contributed by atoms with Crippen LogP contribution in [-0.4, -0.2) is 31.2 Å². The summed E-state index contributed by atoms with van der Waals surface area (Å²) in [5.74, 6) is 0.953. The molecule has 0 spiro atoms. The molecular weight excluding hydrogens is 243 g/mol. The van der Waals surface area contributed by atoms with E-state index < -0.39 is 9.84 Å². The average molecular weight is 261 g/mol. The van der Waals surface area contributed by atoms with Crippen LogP contribution in [0.25, 0.3) is 0 Å². The van der Waals surface area contributed by atoms with Crippen molar-refractivity contribution in [2.45, 2.75) is 32.4 Å². The van der Waals surface area contributed by atoms with E-state index in [1.165, 1.54) is 0 Å². The number of hydrogen-bond donors (Lipinski definition) is 0. The summed E-state index contributed by atoms with van der Waals surface area (Å²) >= 11 is 11.5. The van der Waals surface area contributed by atoms with E-state index in [0.29, 0.717) is 18.2 Å². The van der Waals surface area contributed by atoms with Crippen molar-refractivity contribution in [3.8, 4) is 0 Å². The lowest BCUT2D eigenvalue weighted by molar-refractivity contribution is 0.410. The first-order chi connectivity index (χ1) is 6.27. The SMILES string of the molecule is CC(C)S(=O)(=O)CCC(C)(CCl)CCl. The van der Waals surface area contributed by atoms with Crippen LogP contribution in [0.4, 0.5) is 0 Å². The Labute approximate surface area is 96.9 Å². The third kappa shape index (κ3) is 4.37. The van der Waals surface area contributed by atoms with Gasteiger partial charge in [-0.15, -0.1) is 23.2 Å². The van der Waals surface area contributed by atoms with Gasteiger partial charge in [-0.1, -0.05) is 6.92 Å². The average Bonchev–Trinajstić information content (AvgIpc) is 2.14. The first-order valence-electron chi connectivity index (χ1n) is 4.61. The molecule has 0 heterocycles. The van der Waals surface area contributed by atoms with Crippen molar-refractivity contribution in [2.75, 3.05) is 17.5 Å². The van der Waals surface area contributed by atoms with Crippen LogP contribution in [0.2, 0.25) is 0 Å². The fraction of sp³-hybridized carbons (Fsp3) is 1.00. The third-order valence-electron chi connectivity index (χ3n) is 2.35. The van der Waals surface area contributed by atoms with E-state index >= 15 is 0 Å². The maximum Gasteiger partial charge on any atom is 0.152 e. The second-order valence-electron chi connectivity index (χ2n) is 4.24. The first-order valence-corrected chi connectivity index (χ1v) is 7.39. The molecule has 0 amide bonds. The second kappa shape index (κ2) is 5.57. The highest BCUT2D eigenvalue weighted by molar-refractivity contribution is 7.91. The third-order valence-corrected chi connectivity index (χ3v) is 5.85. The van der Waals surface area contributed by atoms with Crippen molar-refractivity contribution >= 4 is 33.0 Å². The zero-order chi connectivity index (χ0) is 11.4. The Morgan fingerprint density at radius 1 is 1.21 bits per heavy atom. The predicted molar refractivity (Wildman–Crippen MR) is 63.1 cm³/mol. The van der Waals surface area contributed by atoms with Crippen molar-refractivity contribution in [3.63, 3.8) is 0 Å². The fourth-order valence-electron chi connectivity index (χ4n) is 0.794. The van der Waals surface area contributed by atoms with Crippen LogP contribution < -0.4 is 0 Å². The van der Waals surface area contributed by atoms with E-state index in [1.54, 1.807) is 13.8 Å². The number of sulfone groups is 1. The Morgan fingerprint density at radius 2 is 1.64 bits per heavy atom. The normalized spacial score (nSPS) is 13.6. The van der Waals surface area contributed by atoms with Gasteiger partial charge in [0.15, 0.2) is 9.84 Å². The van der Waals surface area contributed by atoms with Gasteiger partial charge in [0.25, 0.3) is 0 Å².